The second-order valence-electron chi connectivity index (χ2n) is 4.59. The van der Waals surface area contributed by atoms with E-state index in [2.05, 4.69) is 4.98 Å². The normalized spacial score (nSPS) is 19.3. The SMILES string of the molecule is CS(=O)(=O)C1CSCCN1C(=O)c1ccc(C(=O)O)nc1. The fraction of sp³-hybridized carbons (Fsp3) is 0.417. The molecule has 0 spiro atoms. The van der Waals surface area contributed by atoms with Gasteiger partial charge in [0.2, 0.25) is 0 Å². The molecule has 114 valence electrons. The van der Waals surface area contributed by atoms with Crippen molar-refractivity contribution in [3.05, 3.63) is 29.6 Å². The summed E-state index contributed by atoms with van der Waals surface area (Å²) in [5.74, 6) is -0.628. The molecule has 1 unspecified atom stereocenters. The molecule has 0 radical (unpaired) electrons. The molecule has 2 rings (SSSR count). The zero-order valence-electron chi connectivity index (χ0n) is 11.2. The van der Waals surface area contributed by atoms with Gasteiger partial charge in [0.15, 0.2) is 9.84 Å². The van der Waals surface area contributed by atoms with E-state index in [-0.39, 0.29) is 11.3 Å². The van der Waals surface area contributed by atoms with Gasteiger partial charge in [-0.25, -0.2) is 18.2 Å². The molecule has 0 saturated carbocycles. The summed E-state index contributed by atoms with van der Waals surface area (Å²) in [6.07, 6.45) is 2.27. The molecule has 7 nitrogen and oxygen atoms in total. The maximum Gasteiger partial charge on any atom is 0.354 e. The first kappa shape index (κ1) is 15.8. The smallest absolute Gasteiger partial charge is 0.354 e. The molecular formula is C12H14N2O5S2. The number of aromatic nitrogens is 1. The van der Waals surface area contributed by atoms with Gasteiger partial charge in [-0.15, -0.1) is 0 Å². The highest BCUT2D eigenvalue weighted by atomic mass is 32.2. The van der Waals surface area contributed by atoms with Crippen LogP contribution in [0.5, 0.6) is 0 Å². The number of thioether (sulfide) groups is 1. The summed E-state index contributed by atoms with van der Waals surface area (Å²) < 4.78 is 23.6. The van der Waals surface area contributed by atoms with Crippen molar-refractivity contribution in [3.63, 3.8) is 0 Å². The third kappa shape index (κ3) is 3.53. The Labute approximate surface area is 126 Å². The van der Waals surface area contributed by atoms with Gasteiger partial charge in [0.1, 0.15) is 11.1 Å². The largest absolute Gasteiger partial charge is 0.477 e. The number of hydrogen-bond donors (Lipinski definition) is 1. The zero-order chi connectivity index (χ0) is 15.6. The molecule has 1 amide bonds. The van der Waals surface area contributed by atoms with E-state index < -0.39 is 27.1 Å². The maximum absolute atomic E-state index is 12.4. The number of amides is 1. The molecular weight excluding hydrogens is 316 g/mol. The first-order valence-electron chi connectivity index (χ1n) is 6.07. The van der Waals surface area contributed by atoms with Crippen LogP contribution in [0.4, 0.5) is 0 Å². The van der Waals surface area contributed by atoms with Crippen LogP contribution in [0, 0.1) is 0 Å². The molecule has 2 heterocycles. The van der Waals surface area contributed by atoms with Crippen molar-refractivity contribution in [2.45, 2.75) is 5.37 Å². The van der Waals surface area contributed by atoms with Crippen LogP contribution in [0.15, 0.2) is 18.3 Å². The monoisotopic (exact) mass is 330 g/mol. The number of carboxylic acids is 1. The van der Waals surface area contributed by atoms with E-state index in [4.69, 9.17) is 5.11 Å². The molecule has 1 saturated heterocycles. The molecule has 0 aliphatic carbocycles. The summed E-state index contributed by atoms with van der Waals surface area (Å²) >= 11 is 1.49. The highest BCUT2D eigenvalue weighted by molar-refractivity contribution is 8.00. The minimum Gasteiger partial charge on any atom is -0.477 e. The maximum atomic E-state index is 12.4. The van der Waals surface area contributed by atoms with Gasteiger partial charge in [0, 0.05) is 30.5 Å². The lowest BCUT2D eigenvalue weighted by Crippen LogP contribution is -2.49. The predicted octanol–water partition coefficient (Wildman–Crippen LogP) is 0.339. The third-order valence-corrected chi connectivity index (χ3v) is 5.71. The highest BCUT2D eigenvalue weighted by Gasteiger charge is 2.34. The lowest BCUT2D eigenvalue weighted by molar-refractivity contribution is 0.0687. The number of pyridine rings is 1. The number of carboxylic acid groups (broad SMARTS) is 1. The summed E-state index contributed by atoms with van der Waals surface area (Å²) in [4.78, 5) is 28.1. The quantitative estimate of drug-likeness (QED) is 0.852. The van der Waals surface area contributed by atoms with Crippen LogP contribution in [0.25, 0.3) is 0 Å². The van der Waals surface area contributed by atoms with E-state index in [1.165, 1.54) is 28.8 Å². The van der Waals surface area contributed by atoms with Gasteiger partial charge in [-0.3, -0.25) is 4.79 Å². The molecule has 1 atom stereocenters. The van der Waals surface area contributed by atoms with Crippen molar-refractivity contribution in [3.8, 4) is 0 Å². The average molecular weight is 330 g/mol. The number of sulfone groups is 1. The zero-order valence-corrected chi connectivity index (χ0v) is 12.9. The minimum atomic E-state index is -3.38. The van der Waals surface area contributed by atoms with E-state index in [1.54, 1.807) is 0 Å². The number of carbonyl (C=O) groups excluding carboxylic acids is 1. The Morgan fingerprint density at radius 2 is 2.14 bits per heavy atom. The van der Waals surface area contributed by atoms with E-state index in [9.17, 15) is 18.0 Å². The van der Waals surface area contributed by atoms with Crippen molar-refractivity contribution in [1.29, 1.82) is 0 Å². The lowest BCUT2D eigenvalue weighted by Gasteiger charge is -2.34. The van der Waals surface area contributed by atoms with Gasteiger partial charge in [0.25, 0.3) is 5.91 Å². The average Bonchev–Trinajstić information content (AvgIpc) is 2.45. The minimum absolute atomic E-state index is 0.166. The van der Waals surface area contributed by atoms with Crippen LogP contribution in [0.1, 0.15) is 20.8 Å². The van der Waals surface area contributed by atoms with Gasteiger partial charge < -0.3 is 10.0 Å². The van der Waals surface area contributed by atoms with Crippen LogP contribution in [-0.2, 0) is 9.84 Å². The highest BCUT2D eigenvalue weighted by Crippen LogP contribution is 2.22. The Kier molecular flexibility index (Phi) is 4.52. The van der Waals surface area contributed by atoms with Gasteiger partial charge in [-0.05, 0) is 12.1 Å². The third-order valence-electron chi connectivity index (χ3n) is 3.07. The molecule has 1 aromatic rings. The molecule has 0 aromatic carbocycles. The fourth-order valence-electron chi connectivity index (χ4n) is 1.98. The first-order chi connectivity index (χ1) is 9.80. The molecule has 0 bridgehead atoms. The van der Waals surface area contributed by atoms with E-state index in [0.29, 0.717) is 18.1 Å². The second-order valence-corrected chi connectivity index (χ2v) is 7.95. The van der Waals surface area contributed by atoms with E-state index >= 15 is 0 Å². The standard InChI is InChI=1S/C12H14N2O5S2/c1-21(18,19)10-7-20-5-4-14(10)11(15)8-2-3-9(12(16)17)13-6-8/h2-3,6,10H,4-5,7H2,1H3,(H,16,17). The van der Waals surface area contributed by atoms with Crippen LogP contribution < -0.4 is 0 Å². The van der Waals surface area contributed by atoms with Crippen LogP contribution in [0.2, 0.25) is 0 Å². The summed E-state index contributed by atoms with van der Waals surface area (Å²) in [6, 6.07) is 2.57. The van der Waals surface area contributed by atoms with Gasteiger partial charge >= 0.3 is 5.97 Å². The van der Waals surface area contributed by atoms with Crippen LogP contribution in [-0.4, -0.2) is 65.0 Å². The molecule has 1 N–H and O–H groups in total. The van der Waals surface area contributed by atoms with Crippen molar-refractivity contribution >= 4 is 33.5 Å². The summed E-state index contributed by atoms with van der Waals surface area (Å²) in [6.45, 7) is 0.335. The fourth-order valence-corrected chi connectivity index (χ4v) is 4.80. The lowest BCUT2D eigenvalue weighted by atomic mass is 10.2. The van der Waals surface area contributed by atoms with Crippen molar-refractivity contribution in [2.24, 2.45) is 0 Å². The van der Waals surface area contributed by atoms with E-state index in [1.807, 2.05) is 0 Å². The van der Waals surface area contributed by atoms with Crippen LogP contribution in [0.3, 0.4) is 0 Å². The number of nitrogens with zero attached hydrogens (tertiary/aromatic N) is 2. The van der Waals surface area contributed by atoms with Gasteiger partial charge in [-0.1, -0.05) is 0 Å². The molecule has 9 heteroatoms. The second kappa shape index (κ2) is 6.02. The molecule has 21 heavy (non-hydrogen) atoms. The predicted molar refractivity (Wildman–Crippen MR) is 78.2 cm³/mol. The van der Waals surface area contributed by atoms with E-state index in [0.717, 1.165) is 12.5 Å². The molecule has 1 aromatic heterocycles. The summed E-state index contributed by atoms with van der Waals surface area (Å²) in [5, 5.41) is 7.91. The van der Waals surface area contributed by atoms with Crippen molar-refractivity contribution < 1.29 is 23.1 Å². The van der Waals surface area contributed by atoms with Crippen molar-refractivity contribution in [1.82, 2.24) is 9.88 Å². The van der Waals surface area contributed by atoms with Crippen LogP contribution >= 0.6 is 11.8 Å². The first-order valence-corrected chi connectivity index (χ1v) is 9.18. The molecule has 1 aliphatic heterocycles. The summed E-state index contributed by atoms with van der Waals surface area (Å²) in [5.41, 5.74) is 0.0148. The number of aromatic carboxylic acids is 1. The Hall–Kier alpha value is -1.61. The Morgan fingerprint density at radius 3 is 2.67 bits per heavy atom. The molecule has 1 fully saturated rings. The number of carbonyl (C=O) groups is 2. The van der Waals surface area contributed by atoms with Gasteiger partial charge in [-0.2, -0.15) is 11.8 Å². The number of rotatable bonds is 3. The molecule has 1 aliphatic rings. The summed E-state index contributed by atoms with van der Waals surface area (Å²) in [7, 11) is -3.38. The Morgan fingerprint density at radius 1 is 1.43 bits per heavy atom. The van der Waals surface area contributed by atoms with Crippen molar-refractivity contribution in [2.75, 3.05) is 24.3 Å². The van der Waals surface area contributed by atoms with Gasteiger partial charge in [0.05, 0.1) is 5.56 Å². The number of hydrogen-bond acceptors (Lipinski definition) is 6. The Bertz CT molecular complexity index is 657. The topological polar surface area (TPSA) is 105 Å². The Balaban J connectivity index is 2.26.